The van der Waals surface area contributed by atoms with Crippen molar-refractivity contribution in [1.29, 1.82) is 0 Å². The van der Waals surface area contributed by atoms with Gasteiger partial charge in [0.05, 0.1) is 6.20 Å². The normalized spacial score (nSPS) is 12.5. The fourth-order valence-corrected chi connectivity index (χ4v) is 4.02. The van der Waals surface area contributed by atoms with Gasteiger partial charge in [0.1, 0.15) is 17.0 Å². The highest BCUT2D eigenvalue weighted by Crippen LogP contribution is 2.33. The van der Waals surface area contributed by atoms with E-state index in [1.165, 1.54) is 0 Å². The summed E-state index contributed by atoms with van der Waals surface area (Å²) in [4.78, 5) is 13.6. The summed E-state index contributed by atoms with van der Waals surface area (Å²) >= 11 is 0. The number of rotatable bonds is 13. The van der Waals surface area contributed by atoms with Gasteiger partial charge in [-0.1, -0.05) is 26.2 Å². The zero-order chi connectivity index (χ0) is 24.7. The van der Waals surface area contributed by atoms with E-state index in [0.29, 0.717) is 29.2 Å². The average Bonchev–Trinajstić information content (AvgIpc) is 3.12. The molecular formula is C24H34F3N7. The molecular weight excluding hydrogens is 443 g/mol. The summed E-state index contributed by atoms with van der Waals surface area (Å²) in [6.45, 7) is 7.03. The van der Waals surface area contributed by atoms with Gasteiger partial charge in [0.15, 0.2) is 17.3 Å². The van der Waals surface area contributed by atoms with Crippen LogP contribution in [0.2, 0.25) is 0 Å². The number of benzene rings is 1. The lowest BCUT2D eigenvalue weighted by molar-refractivity contribution is 0.420. The van der Waals surface area contributed by atoms with Crippen molar-refractivity contribution >= 4 is 28.7 Å². The summed E-state index contributed by atoms with van der Waals surface area (Å²) in [5.41, 5.74) is 0.643. The largest absolute Gasteiger partial charge is 0.352 e. The predicted molar refractivity (Wildman–Crippen MR) is 130 cm³/mol. The van der Waals surface area contributed by atoms with Gasteiger partial charge >= 0.3 is 0 Å². The van der Waals surface area contributed by atoms with Crippen LogP contribution in [0.25, 0.3) is 11.2 Å². The first-order valence-corrected chi connectivity index (χ1v) is 11.9. The minimum absolute atomic E-state index is 0.0143. The van der Waals surface area contributed by atoms with Gasteiger partial charge in [0.2, 0.25) is 11.9 Å². The molecule has 0 bridgehead atoms. The third kappa shape index (κ3) is 6.37. The Morgan fingerprint density at radius 2 is 1.74 bits per heavy atom. The molecule has 1 aromatic carbocycles. The number of hydrogen-bond acceptors (Lipinski definition) is 6. The van der Waals surface area contributed by atoms with E-state index in [4.69, 9.17) is 0 Å². The molecule has 34 heavy (non-hydrogen) atoms. The second kappa shape index (κ2) is 12.0. The summed E-state index contributed by atoms with van der Waals surface area (Å²) < 4.78 is 44.2. The Labute approximate surface area is 198 Å². The molecule has 0 spiro atoms. The van der Waals surface area contributed by atoms with Crippen LogP contribution in [0.5, 0.6) is 0 Å². The molecule has 2 aromatic heterocycles. The number of nitrogens with one attached hydrogen (secondary N) is 3. The summed E-state index contributed by atoms with van der Waals surface area (Å²) in [6.07, 6.45) is 7.35. The molecule has 0 aliphatic heterocycles. The molecule has 1 atom stereocenters. The van der Waals surface area contributed by atoms with Gasteiger partial charge in [-0.2, -0.15) is 4.98 Å². The molecule has 3 aromatic rings. The number of halogens is 3. The van der Waals surface area contributed by atoms with Crippen LogP contribution < -0.4 is 16.0 Å². The van der Waals surface area contributed by atoms with E-state index in [1.807, 2.05) is 25.5 Å². The molecule has 0 aliphatic rings. The van der Waals surface area contributed by atoms with Crippen molar-refractivity contribution in [3.8, 4) is 0 Å². The molecule has 1 unspecified atom stereocenters. The Morgan fingerprint density at radius 1 is 1.00 bits per heavy atom. The average molecular weight is 478 g/mol. The lowest BCUT2D eigenvalue weighted by Crippen LogP contribution is -2.16. The molecule has 2 heterocycles. The van der Waals surface area contributed by atoms with Crippen LogP contribution in [0.15, 0.2) is 18.3 Å². The Balaban J connectivity index is 2.04. The molecule has 0 fully saturated rings. The molecule has 3 rings (SSSR count). The smallest absolute Gasteiger partial charge is 0.224 e. The maximum Gasteiger partial charge on any atom is 0.224 e. The molecule has 10 heteroatoms. The van der Waals surface area contributed by atoms with E-state index >= 15 is 0 Å². The standard InChI is InChI=1S/C24H34F3N7/c1-5-9-17(10-7-6-8-11-28-4)34-22-20(14-29-23(33-22)30-15(2)3)31-24(34)32-21-18(26)12-16(25)13-19(21)27/h12-15,17,28H,5-11H2,1-4H3,(H,31,32)(H,29,30,33). The summed E-state index contributed by atoms with van der Waals surface area (Å²) in [5, 5.41) is 9.12. The minimum Gasteiger partial charge on any atom is -0.352 e. The monoisotopic (exact) mass is 477 g/mol. The predicted octanol–water partition coefficient (Wildman–Crippen LogP) is 5.93. The Kier molecular flexibility index (Phi) is 9.09. The number of anilines is 3. The molecule has 0 amide bonds. The summed E-state index contributed by atoms with van der Waals surface area (Å²) in [6, 6.07) is 1.44. The van der Waals surface area contributed by atoms with Crippen molar-refractivity contribution in [3.05, 3.63) is 35.8 Å². The Morgan fingerprint density at radius 3 is 2.38 bits per heavy atom. The maximum absolute atomic E-state index is 14.4. The number of fused-ring (bicyclic) bond motifs is 1. The number of nitrogens with zero attached hydrogens (tertiary/aromatic N) is 4. The van der Waals surface area contributed by atoms with Crippen LogP contribution in [0.4, 0.5) is 30.8 Å². The zero-order valence-corrected chi connectivity index (χ0v) is 20.3. The van der Waals surface area contributed by atoms with Crippen LogP contribution in [-0.2, 0) is 0 Å². The summed E-state index contributed by atoms with van der Waals surface area (Å²) in [7, 11) is 1.94. The van der Waals surface area contributed by atoms with E-state index in [2.05, 4.69) is 37.8 Å². The van der Waals surface area contributed by atoms with Crippen molar-refractivity contribution in [2.45, 2.75) is 71.4 Å². The van der Waals surface area contributed by atoms with E-state index in [-0.39, 0.29) is 18.0 Å². The van der Waals surface area contributed by atoms with E-state index in [1.54, 1.807) is 6.20 Å². The van der Waals surface area contributed by atoms with Crippen molar-refractivity contribution < 1.29 is 13.2 Å². The molecule has 0 saturated heterocycles. The minimum atomic E-state index is -1.02. The third-order valence-electron chi connectivity index (χ3n) is 5.55. The fraction of sp³-hybridized carbons (Fsp3) is 0.542. The van der Waals surface area contributed by atoms with E-state index in [0.717, 1.165) is 45.1 Å². The molecule has 186 valence electrons. The maximum atomic E-state index is 14.4. The van der Waals surface area contributed by atoms with Gasteiger partial charge in [-0.15, -0.1) is 0 Å². The second-order valence-corrected chi connectivity index (χ2v) is 8.77. The second-order valence-electron chi connectivity index (χ2n) is 8.77. The Bertz CT molecular complexity index is 1060. The van der Waals surface area contributed by atoms with Gasteiger partial charge in [-0.25, -0.2) is 23.1 Å². The lowest BCUT2D eigenvalue weighted by Gasteiger charge is -2.22. The first-order chi connectivity index (χ1) is 16.3. The highest BCUT2D eigenvalue weighted by atomic mass is 19.1. The Hall–Kier alpha value is -2.88. The van der Waals surface area contributed by atoms with Gasteiger partial charge in [-0.3, -0.25) is 4.57 Å². The molecule has 3 N–H and O–H groups in total. The molecule has 0 radical (unpaired) electrons. The van der Waals surface area contributed by atoms with Gasteiger partial charge in [0, 0.05) is 24.2 Å². The number of aromatic nitrogens is 4. The van der Waals surface area contributed by atoms with E-state index in [9.17, 15) is 13.2 Å². The van der Waals surface area contributed by atoms with Crippen LogP contribution in [-0.4, -0.2) is 39.2 Å². The number of unbranched alkanes of at least 4 members (excludes halogenated alkanes) is 2. The first kappa shape index (κ1) is 25.7. The van der Waals surface area contributed by atoms with Crippen LogP contribution in [0, 0.1) is 17.5 Å². The zero-order valence-electron chi connectivity index (χ0n) is 20.3. The fourth-order valence-electron chi connectivity index (χ4n) is 4.02. The summed E-state index contributed by atoms with van der Waals surface area (Å²) in [5.74, 6) is -2.32. The van der Waals surface area contributed by atoms with Crippen molar-refractivity contribution in [2.75, 3.05) is 24.2 Å². The first-order valence-electron chi connectivity index (χ1n) is 11.9. The highest BCUT2D eigenvalue weighted by Gasteiger charge is 2.23. The van der Waals surface area contributed by atoms with Crippen molar-refractivity contribution in [3.63, 3.8) is 0 Å². The third-order valence-corrected chi connectivity index (χ3v) is 5.55. The topological polar surface area (TPSA) is 79.7 Å². The van der Waals surface area contributed by atoms with Gasteiger partial charge in [0.25, 0.3) is 0 Å². The van der Waals surface area contributed by atoms with Crippen LogP contribution in [0.1, 0.15) is 65.3 Å². The molecule has 0 saturated carbocycles. The van der Waals surface area contributed by atoms with Crippen LogP contribution in [0.3, 0.4) is 0 Å². The highest BCUT2D eigenvalue weighted by molar-refractivity contribution is 5.76. The van der Waals surface area contributed by atoms with Crippen LogP contribution >= 0.6 is 0 Å². The van der Waals surface area contributed by atoms with Crippen molar-refractivity contribution in [2.24, 2.45) is 0 Å². The number of imidazole rings is 1. The quantitative estimate of drug-likeness (QED) is 0.265. The van der Waals surface area contributed by atoms with Crippen molar-refractivity contribution in [1.82, 2.24) is 24.8 Å². The SMILES string of the molecule is CCCC(CCCCCNC)n1c(Nc2c(F)cc(F)cc2F)nc2cnc(NC(C)C)nc21. The van der Waals surface area contributed by atoms with Gasteiger partial charge in [-0.05, 0) is 46.7 Å². The molecule has 7 nitrogen and oxygen atoms in total. The number of hydrogen-bond donors (Lipinski definition) is 3. The lowest BCUT2D eigenvalue weighted by atomic mass is 10.0. The van der Waals surface area contributed by atoms with Gasteiger partial charge < -0.3 is 16.0 Å². The molecule has 0 aliphatic carbocycles. The van der Waals surface area contributed by atoms with E-state index < -0.39 is 23.1 Å².